The summed E-state index contributed by atoms with van der Waals surface area (Å²) in [5.74, 6) is 0.696. The molecule has 1 saturated heterocycles. The van der Waals surface area contributed by atoms with Crippen LogP contribution in [0.25, 0.3) is 0 Å². The van der Waals surface area contributed by atoms with E-state index in [1.165, 1.54) is 12.5 Å². The lowest BCUT2D eigenvalue weighted by Crippen LogP contribution is -2.28. The maximum Gasteiger partial charge on any atom is 0.272 e. The van der Waals surface area contributed by atoms with Gasteiger partial charge in [0.05, 0.1) is 4.92 Å². The Labute approximate surface area is 99.9 Å². The standard InChI is InChI=1S/C12H16N2O3/c1-9-7-11(4-5-12(9)14(15)16)17-8-10-3-2-6-13-10/h4-5,7,10,13H,2-3,6,8H2,1H3. The molecule has 1 fully saturated rings. The van der Waals surface area contributed by atoms with Crippen molar-refractivity contribution >= 4 is 5.69 Å². The zero-order valence-corrected chi connectivity index (χ0v) is 9.81. The fraction of sp³-hybridized carbons (Fsp3) is 0.500. The number of nitro benzene ring substituents is 1. The zero-order chi connectivity index (χ0) is 12.3. The lowest BCUT2D eigenvalue weighted by Gasteiger charge is -2.12. The molecule has 2 rings (SSSR count). The van der Waals surface area contributed by atoms with Crippen LogP contribution in [-0.2, 0) is 0 Å². The third kappa shape index (κ3) is 2.94. The predicted octanol–water partition coefficient (Wildman–Crippen LogP) is 2.03. The number of aryl methyl sites for hydroxylation is 1. The molecule has 17 heavy (non-hydrogen) atoms. The van der Waals surface area contributed by atoms with Gasteiger partial charge >= 0.3 is 0 Å². The van der Waals surface area contributed by atoms with Gasteiger partial charge < -0.3 is 10.1 Å². The van der Waals surface area contributed by atoms with Crippen molar-refractivity contribution in [2.45, 2.75) is 25.8 Å². The number of benzene rings is 1. The molecular weight excluding hydrogens is 220 g/mol. The lowest BCUT2D eigenvalue weighted by molar-refractivity contribution is -0.385. The Bertz CT molecular complexity index is 414. The number of hydrogen-bond donors (Lipinski definition) is 1. The monoisotopic (exact) mass is 236 g/mol. The molecule has 0 aromatic heterocycles. The van der Waals surface area contributed by atoms with Crippen molar-refractivity contribution in [1.82, 2.24) is 5.32 Å². The van der Waals surface area contributed by atoms with Crippen LogP contribution in [-0.4, -0.2) is 24.1 Å². The third-order valence-corrected chi connectivity index (χ3v) is 2.98. The van der Waals surface area contributed by atoms with Gasteiger partial charge in [-0.15, -0.1) is 0 Å². The van der Waals surface area contributed by atoms with Crippen molar-refractivity contribution in [2.75, 3.05) is 13.2 Å². The topological polar surface area (TPSA) is 64.4 Å². The molecule has 0 saturated carbocycles. The van der Waals surface area contributed by atoms with E-state index in [1.807, 2.05) is 0 Å². The summed E-state index contributed by atoms with van der Waals surface area (Å²) in [7, 11) is 0. The van der Waals surface area contributed by atoms with Crippen molar-refractivity contribution in [1.29, 1.82) is 0 Å². The molecular formula is C12H16N2O3. The highest BCUT2D eigenvalue weighted by Gasteiger charge is 2.15. The molecule has 0 spiro atoms. The van der Waals surface area contributed by atoms with Crippen molar-refractivity contribution in [2.24, 2.45) is 0 Å². The highest BCUT2D eigenvalue weighted by atomic mass is 16.6. The minimum absolute atomic E-state index is 0.136. The Morgan fingerprint density at radius 3 is 3.00 bits per heavy atom. The fourth-order valence-electron chi connectivity index (χ4n) is 2.02. The van der Waals surface area contributed by atoms with Gasteiger partial charge in [-0.05, 0) is 38.4 Å². The Balaban J connectivity index is 1.97. The van der Waals surface area contributed by atoms with Crippen LogP contribution in [0.5, 0.6) is 5.75 Å². The van der Waals surface area contributed by atoms with E-state index in [2.05, 4.69) is 5.32 Å². The average Bonchev–Trinajstić information content (AvgIpc) is 2.78. The minimum Gasteiger partial charge on any atom is -0.492 e. The van der Waals surface area contributed by atoms with Crippen LogP contribution in [0, 0.1) is 17.0 Å². The summed E-state index contributed by atoms with van der Waals surface area (Å²) in [4.78, 5) is 10.3. The predicted molar refractivity (Wildman–Crippen MR) is 64.4 cm³/mol. The molecule has 0 bridgehead atoms. The second-order valence-corrected chi connectivity index (χ2v) is 4.31. The smallest absolute Gasteiger partial charge is 0.272 e. The van der Waals surface area contributed by atoms with Crippen LogP contribution < -0.4 is 10.1 Å². The maximum atomic E-state index is 10.7. The number of hydrogen-bond acceptors (Lipinski definition) is 4. The first-order chi connectivity index (χ1) is 8.16. The van der Waals surface area contributed by atoms with E-state index in [1.54, 1.807) is 19.1 Å². The molecule has 1 heterocycles. The largest absolute Gasteiger partial charge is 0.492 e. The molecule has 1 aliphatic heterocycles. The highest BCUT2D eigenvalue weighted by Crippen LogP contribution is 2.23. The molecule has 5 heteroatoms. The van der Waals surface area contributed by atoms with E-state index in [-0.39, 0.29) is 10.6 Å². The van der Waals surface area contributed by atoms with E-state index in [9.17, 15) is 10.1 Å². The van der Waals surface area contributed by atoms with Crippen LogP contribution in [0.2, 0.25) is 0 Å². The van der Waals surface area contributed by atoms with E-state index in [0.717, 1.165) is 13.0 Å². The number of ether oxygens (including phenoxy) is 1. The van der Waals surface area contributed by atoms with Crippen LogP contribution in [0.3, 0.4) is 0 Å². The van der Waals surface area contributed by atoms with E-state index in [4.69, 9.17) is 4.74 Å². The molecule has 0 aliphatic carbocycles. The summed E-state index contributed by atoms with van der Waals surface area (Å²) in [6.45, 7) is 3.39. The van der Waals surface area contributed by atoms with Crippen molar-refractivity contribution < 1.29 is 9.66 Å². The van der Waals surface area contributed by atoms with Crippen molar-refractivity contribution in [3.8, 4) is 5.75 Å². The Morgan fingerprint density at radius 1 is 1.59 bits per heavy atom. The van der Waals surface area contributed by atoms with Gasteiger partial charge in [0.15, 0.2) is 0 Å². The van der Waals surface area contributed by atoms with Gasteiger partial charge in [0.2, 0.25) is 0 Å². The summed E-state index contributed by atoms with van der Waals surface area (Å²) in [6, 6.07) is 5.27. The zero-order valence-electron chi connectivity index (χ0n) is 9.81. The first kappa shape index (κ1) is 11.9. The number of nitrogens with one attached hydrogen (secondary N) is 1. The summed E-state index contributed by atoms with van der Waals surface area (Å²) < 4.78 is 5.62. The van der Waals surface area contributed by atoms with Gasteiger partial charge in [-0.1, -0.05) is 0 Å². The van der Waals surface area contributed by atoms with Gasteiger partial charge in [-0.25, -0.2) is 0 Å². The first-order valence-corrected chi connectivity index (χ1v) is 5.78. The lowest BCUT2D eigenvalue weighted by atomic mass is 10.2. The number of nitrogens with zero attached hydrogens (tertiary/aromatic N) is 1. The second-order valence-electron chi connectivity index (χ2n) is 4.31. The third-order valence-electron chi connectivity index (χ3n) is 2.98. The van der Waals surface area contributed by atoms with Crippen LogP contribution >= 0.6 is 0 Å². The molecule has 1 atom stereocenters. The average molecular weight is 236 g/mol. The van der Waals surface area contributed by atoms with Crippen molar-refractivity contribution in [3.63, 3.8) is 0 Å². The Hall–Kier alpha value is -1.62. The Morgan fingerprint density at radius 2 is 2.41 bits per heavy atom. The summed E-state index contributed by atoms with van der Waals surface area (Å²) in [5, 5.41) is 14.0. The quantitative estimate of drug-likeness (QED) is 0.641. The van der Waals surface area contributed by atoms with Crippen LogP contribution in [0.4, 0.5) is 5.69 Å². The summed E-state index contributed by atoms with van der Waals surface area (Å²) in [5.41, 5.74) is 0.767. The molecule has 1 aliphatic rings. The highest BCUT2D eigenvalue weighted by molar-refractivity contribution is 5.44. The molecule has 92 valence electrons. The molecule has 0 amide bonds. The molecule has 0 radical (unpaired) electrons. The summed E-state index contributed by atoms with van der Waals surface area (Å²) in [6.07, 6.45) is 2.32. The minimum atomic E-state index is -0.377. The molecule has 5 nitrogen and oxygen atoms in total. The van der Waals surface area contributed by atoms with Crippen LogP contribution in [0.1, 0.15) is 18.4 Å². The van der Waals surface area contributed by atoms with Gasteiger partial charge in [0.25, 0.3) is 5.69 Å². The first-order valence-electron chi connectivity index (χ1n) is 5.78. The Kier molecular flexibility index (Phi) is 3.58. The van der Waals surface area contributed by atoms with Crippen LogP contribution in [0.15, 0.2) is 18.2 Å². The molecule has 1 aromatic rings. The van der Waals surface area contributed by atoms with Gasteiger partial charge in [-0.2, -0.15) is 0 Å². The van der Waals surface area contributed by atoms with Gasteiger partial charge in [0, 0.05) is 17.7 Å². The molecule has 1 aromatic carbocycles. The normalized spacial score (nSPS) is 19.2. The fourth-order valence-corrected chi connectivity index (χ4v) is 2.02. The maximum absolute atomic E-state index is 10.7. The van der Waals surface area contributed by atoms with E-state index in [0.29, 0.717) is 24.0 Å². The SMILES string of the molecule is Cc1cc(OCC2CCCN2)ccc1[N+](=O)[O-]. The number of rotatable bonds is 4. The molecule has 1 unspecified atom stereocenters. The summed E-state index contributed by atoms with van der Waals surface area (Å²) >= 11 is 0. The van der Waals surface area contributed by atoms with Crippen molar-refractivity contribution in [3.05, 3.63) is 33.9 Å². The number of nitro groups is 1. The van der Waals surface area contributed by atoms with E-state index < -0.39 is 0 Å². The van der Waals surface area contributed by atoms with E-state index >= 15 is 0 Å². The molecule has 1 N–H and O–H groups in total. The second kappa shape index (κ2) is 5.14. The van der Waals surface area contributed by atoms with Gasteiger partial charge in [0.1, 0.15) is 12.4 Å². The van der Waals surface area contributed by atoms with Gasteiger partial charge in [-0.3, -0.25) is 10.1 Å².